The third-order valence-corrected chi connectivity index (χ3v) is 6.04. The van der Waals surface area contributed by atoms with Crippen LogP contribution in [0.15, 0.2) is 90.1 Å². The van der Waals surface area contributed by atoms with Crippen LogP contribution < -0.4 is 9.64 Å². The minimum absolute atomic E-state index is 0.0234. The third kappa shape index (κ3) is 5.23. The first kappa shape index (κ1) is 22.5. The predicted octanol–water partition coefficient (Wildman–Crippen LogP) is 5.13. The smallest absolute Gasteiger partial charge is 0.240 e. The lowest BCUT2D eigenvalue weighted by Crippen LogP contribution is -2.33. The van der Waals surface area contributed by atoms with Crippen LogP contribution in [0.5, 0.6) is 5.75 Å². The lowest BCUT2D eigenvalue weighted by atomic mass is 10.3. The molecule has 4 rings (SSSR count). The quantitative estimate of drug-likeness (QED) is 0.340. The summed E-state index contributed by atoms with van der Waals surface area (Å²) in [4.78, 5) is 14.7. The molecule has 3 aromatic carbocycles. The van der Waals surface area contributed by atoms with Crippen molar-refractivity contribution in [2.45, 2.75) is 23.9 Å². The number of nitrogens with zero attached hydrogens (tertiary/aromatic N) is 4. The summed E-state index contributed by atoms with van der Waals surface area (Å²) in [5.41, 5.74) is 1.65. The Morgan fingerprint density at radius 3 is 2.33 bits per heavy atom. The number of halogens is 1. The summed E-state index contributed by atoms with van der Waals surface area (Å²) in [7, 11) is 1.75. The Hall–Kier alpha value is -3.65. The first-order chi connectivity index (χ1) is 16.0. The monoisotopic (exact) mass is 462 g/mol. The van der Waals surface area contributed by atoms with E-state index in [9.17, 15) is 9.18 Å². The number of hydrogen-bond donors (Lipinski definition) is 0. The van der Waals surface area contributed by atoms with E-state index in [0.717, 1.165) is 11.4 Å². The molecular weight excluding hydrogens is 439 g/mol. The fourth-order valence-corrected chi connectivity index (χ4v) is 4.25. The number of aromatic nitrogens is 3. The molecule has 33 heavy (non-hydrogen) atoms. The van der Waals surface area contributed by atoms with E-state index in [4.69, 9.17) is 4.74 Å². The summed E-state index contributed by atoms with van der Waals surface area (Å²) in [6.45, 7) is 1.86. The predicted molar refractivity (Wildman–Crippen MR) is 127 cm³/mol. The van der Waals surface area contributed by atoms with Gasteiger partial charge in [0.05, 0.1) is 5.25 Å². The normalized spacial score (nSPS) is 11.7. The third-order valence-electron chi connectivity index (χ3n) is 5.01. The standard InChI is InChI=1S/C25H23FN4O2S/c1-18(24(31)29(2)19-11-5-3-6-12-19)33-25-28-27-23(30(25)20-13-7-4-8-14-20)17-32-22-16-10-9-15-21(22)26/h3-16,18H,17H2,1-2H3/t18-/m0/s1. The number of para-hydroxylation sites is 3. The second-order valence-corrected chi connectivity index (χ2v) is 8.59. The summed E-state index contributed by atoms with van der Waals surface area (Å²) in [5, 5.41) is 8.72. The maximum absolute atomic E-state index is 14.0. The minimum Gasteiger partial charge on any atom is -0.483 e. The number of benzene rings is 3. The molecule has 168 valence electrons. The van der Waals surface area contributed by atoms with Crippen LogP contribution >= 0.6 is 11.8 Å². The Labute approximate surface area is 196 Å². The molecule has 4 aromatic rings. The number of anilines is 1. The van der Waals surface area contributed by atoms with Gasteiger partial charge in [0.15, 0.2) is 22.5 Å². The summed E-state index contributed by atoms with van der Waals surface area (Å²) in [5.74, 6) is 0.143. The lowest BCUT2D eigenvalue weighted by Gasteiger charge is -2.21. The van der Waals surface area contributed by atoms with Crippen molar-refractivity contribution < 1.29 is 13.9 Å². The maximum atomic E-state index is 14.0. The van der Waals surface area contributed by atoms with Crippen LogP contribution in [0.1, 0.15) is 12.7 Å². The van der Waals surface area contributed by atoms with Crippen LogP contribution in [0.4, 0.5) is 10.1 Å². The zero-order chi connectivity index (χ0) is 23.2. The average molecular weight is 463 g/mol. The van der Waals surface area contributed by atoms with Gasteiger partial charge in [-0.25, -0.2) is 4.39 Å². The molecule has 1 amide bonds. The van der Waals surface area contributed by atoms with Gasteiger partial charge in [0.2, 0.25) is 5.91 Å². The summed E-state index contributed by atoms with van der Waals surface area (Å²) < 4.78 is 21.5. The molecule has 6 nitrogen and oxygen atoms in total. The number of thioether (sulfide) groups is 1. The molecule has 0 N–H and O–H groups in total. The number of amides is 1. The van der Waals surface area contributed by atoms with Gasteiger partial charge in [0.1, 0.15) is 6.61 Å². The molecule has 1 heterocycles. The number of hydrogen-bond acceptors (Lipinski definition) is 5. The van der Waals surface area contributed by atoms with Crippen molar-refractivity contribution in [3.05, 3.63) is 96.6 Å². The highest BCUT2D eigenvalue weighted by atomic mass is 32.2. The number of carbonyl (C=O) groups is 1. The first-order valence-electron chi connectivity index (χ1n) is 10.4. The van der Waals surface area contributed by atoms with E-state index in [-0.39, 0.29) is 18.3 Å². The molecule has 0 unspecified atom stereocenters. The molecule has 0 bridgehead atoms. The van der Waals surface area contributed by atoms with Crippen molar-refractivity contribution in [2.24, 2.45) is 0 Å². The molecule has 8 heteroatoms. The van der Waals surface area contributed by atoms with E-state index in [0.29, 0.717) is 11.0 Å². The topological polar surface area (TPSA) is 60.3 Å². The van der Waals surface area contributed by atoms with E-state index >= 15 is 0 Å². The Morgan fingerprint density at radius 2 is 1.64 bits per heavy atom. The Kier molecular flexibility index (Phi) is 7.04. The van der Waals surface area contributed by atoms with Gasteiger partial charge in [-0.05, 0) is 43.3 Å². The van der Waals surface area contributed by atoms with Gasteiger partial charge in [-0.1, -0.05) is 60.3 Å². The van der Waals surface area contributed by atoms with Crippen molar-refractivity contribution >= 4 is 23.4 Å². The van der Waals surface area contributed by atoms with Gasteiger partial charge < -0.3 is 9.64 Å². The molecule has 0 fully saturated rings. The summed E-state index contributed by atoms with van der Waals surface area (Å²) >= 11 is 1.31. The molecule has 0 saturated heterocycles. The molecule has 1 aromatic heterocycles. The molecule has 0 aliphatic rings. The zero-order valence-electron chi connectivity index (χ0n) is 18.3. The van der Waals surface area contributed by atoms with E-state index in [1.807, 2.05) is 72.2 Å². The van der Waals surface area contributed by atoms with Crippen LogP contribution in [0.3, 0.4) is 0 Å². The van der Waals surface area contributed by atoms with Gasteiger partial charge in [-0.2, -0.15) is 0 Å². The van der Waals surface area contributed by atoms with Gasteiger partial charge >= 0.3 is 0 Å². The van der Waals surface area contributed by atoms with E-state index < -0.39 is 11.1 Å². The van der Waals surface area contributed by atoms with Crippen LogP contribution in [-0.4, -0.2) is 33.0 Å². The van der Waals surface area contributed by atoms with Crippen molar-refractivity contribution in [3.63, 3.8) is 0 Å². The van der Waals surface area contributed by atoms with Crippen molar-refractivity contribution in [2.75, 3.05) is 11.9 Å². The van der Waals surface area contributed by atoms with Gasteiger partial charge in [0.25, 0.3) is 0 Å². The van der Waals surface area contributed by atoms with Crippen molar-refractivity contribution in [3.8, 4) is 11.4 Å². The van der Waals surface area contributed by atoms with E-state index in [1.165, 1.54) is 17.8 Å². The molecule has 0 radical (unpaired) electrons. The van der Waals surface area contributed by atoms with Gasteiger partial charge in [-0.3, -0.25) is 9.36 Å². The Balaban J connectivity index is 1.57. The van der Waals surface area contributed by atoms with Gasteiger partial charge in [-0.15, -0.1) is 10.2 Å². The van der Waals surface area contributed by atoms with Crippen LogP contribution in [0.25, 0.3) is 5.69 Å². The van der Waals surface area contributed by atoms with Crippen LogP contribution in [0.2, 0.25) is 0 Å². The second kappa shape index (κ2) is 10.3. The summed E-state index contributed by atoms with van der Waals surface area (Å²) in [6.07, 6.45) is 0. The SMILES string of the molecule is C[C@H](Sc1nnc(COc2ccccc2F)n1-c1ccccc1)C(=O)N(C)c1ccccc1. The van der Waals surface area contributed by atoms with Crippen LogP contribution in [-0.2, 0) is 11.4 Å². The Morgan fingerprint density at radius 1 is 1.00 bits per heavy atom. The number of rotatable bonds is 8. The molecule has 0 saturated carbocycles. The lowest BCUT2D eigenvalue weighted by molar-refractivity contribution is -0.117. The average Bonchev–Trinajstić information content (AvgIpc) is 3.25. The fraction of sp³-hybridized carbons (Fsp3) is 0.160. The molecular formula is C25H23FN4O2S. The summed E-state index contributed by atoms with van der Waals surface area (Å²) in [6, 6.07) is 25.3. The Bertz CT molecular complexity index is 1220. The highest BCUT2D eigenvalue weighted by molar-refractivity contribution is 8.00. The highest BCUT2D eigenvalue weighted by Crippen LogP contribution is 2.28. The largest absolute Gasteiger partial charge is 0.483 e. The molecule has 0 aliphatic heterocycles. The van der Waals surface area contributed by atoms with Crippen LogP contribution in [0, 0.1) is 5.82 Å². The minimum atomic E-state index is -0.443. The van der Waals surface area contributed by atoms with E-state index in [1.54, 1.807) is 30.1 Å². The maximum Gasteiger partial charge on any atom is 0.240 e. The molecule has 0 spiro atoms. The second-order valence-electron chi connectivity index (χ2n) is 7.28. The molecule has 1 atom stereocenters. The van der Waals surface area contributed by atoms with Crippen molar-refractivity contribution in [1.29, 1.82) is 0 Å². The fourth-order valence-electron chi connectivity index (χ4n) is 3.27. The number of ether oxygens (including phenoxy) is 1. The zero-order valence-corrected chi connectivity index (χ0v) is 19.1. The van der Waals surface area contributed by atoms with Gasteiger partial charge in [0, 0.05) is 18.4 Å². The highest BCUT2D eigenvalue weighted by Gasteiger charge is 2.24. The molecule has 0 aliphatic carbocycles. The van der Waals surface area contributed by atoms with Crippen molar-refractivity contribution in [1.82, 2.24) is 14.8 Å². The number of carbonyl (C=O) groups excluding carboxylic acids is 1. The van der Waals surface area contributed by atoms with E-state index in [2.05, 4.69) is 10.2 Å². The first-order valence-corrected chi connectivity index (χ1v) is 11.3.